The van der Waals surface area contributed by atoms with Gasteiger partial charge in [0.25, 0.3) is 0 Å². The average molecular weight is 288 g/mol. The van der Waals surface area contributed by atoms with Gasteiger partial charge < -0.3 is 10.1 Å². The monoisotopic (exact) mass is 288 g/mol. The molecule has 0 fully saturated rings. The van der Waals surface area contributed by atoms with Crippen LogP contribution in [0.25, 0.3) is 0 Å². The van der Waals surface area contributed by atoms with Crippen LogP contribution in [-0.4, -0.2) is 20.8 Å². The van der Waals surface area contributed by atoms with E-state index in [1.54, 1.807) is 6.20 Å². The number of ether oxygens (including phenoxy) is 1. The average Bonchev–Trinajstić information content (AvgIpc) is 2.92. The number of aromatic nitrogens is 3. The minimum Gasteiger partial charge on any atom is -0.484 e. The molecule has 0 aliphatic carbocycles. The Hall–Kier alpha value is -1.88. The third-order valence-corrected chi connectivity index (χ3v) is 3.05. The van der Waals surface area contributed by atoms with Crippen molar-refractivity contribution in [1.82, 2.24) is 20.1 Å². The second-order valence-corrected chi connectivity index (χ2v) is 5.42. The highest BCUT2D eigenvalue weighted by molar-refractivity contribution is 5.16. The summed E-state index contributed by atoms with van der Waals surface area (Å²) in [5, 5.41) is 7.61. The Morgan fingerprint density at radius 3 is 2.81 bits per heavy atom. The smallest absolute Gasteiger partial charge is 0.157 e. The van der Waals surface area contributed by atoms with E-state index in [0.29, 0.717) is 12.6 Å². The lowest BCUT2D eigenvalue weighted by molar-refractivity contribution is 0.300. The van der Waals surface area contributed by atoms with E-state index < -0.39 is 0 Å². The Kier molecular flexibility index (Phi) is 5.75. The van der Waals surface area contributed by atoms with Gasteiger partial charge in [0.2, 0.25) is 0 Å². The van der Waals surface area contributed by atoms with E-state index in [1.807, 2.05) is 23.1 Å². The number of nitrogens with one attached hydrogen (secondary N) is 1. The van der Waals surface area contributed by atoms with Gasteiger partial charge >= 0.3 is 0 Å². The molecule has 114 valence electrons. The van der Waals surface area contributed by atoms with Crippen molar-refractivity contribution in [1.29, 1.82) is 0 Å². The minimum atomic E-state index is 0.468. The van der Waals surface area contributed by atoms with Crippen LogP contribution in [-0.2, 0) is 19.7 Å². The van der Waals surface area contributed by atoms with Gasteiger partial charge in [0.15, 0.2) is 5.75 Å². The molecule has 0 saturated heterocycles. The normalized spacial score (nSPS) is 11.0. The highest BCUT2D eigenvalue weighted by Gasteiger charge is 2.02. The van der Waals surface area contributed by atoms with E-state index in [0.717, 1.165) is 31.0 Å². The number of hydrogen-bond donors (Lipinski definition) is 1. The van der Waals surface area contributed by atoms with Crippen molar-refractivity contribution in [3.05, 3.63) is 42.0 Å². The molecule has 2 aromatic heterocycles. The van der Waals surface area contributed by atoms with Crippen molar-refractivity contribution in [3.8, 4) is 5.75 Å². The van der Waals surface area contributed by atoms with Crippen molar-refractivity contribution in [2.45, 2.75) is 52.9 Å². The molecule has 0 radical (unpaired) electrons. The maximum Gasteiger partial charge on any atom is 0.157 e. The summed E-state index contributed by atoms with van der Waals surface area (Å²) in [4.78, 5) is 4.42. The lowest BCUT2D eigenvalue weighted by atomic mass is 10.2. The van der Waals surface area contributed by atoms with Crippen LogP contribution in [0.3, 0.4) is 0 Å². The first-order valence-corrected chi connectivity index (χ1v) is 7.50. The van der Waals surface area contributed by atoms with Gasteiger partial charge in [-0.1, -0.05) is 26.8 Å². The van der Waals surface area contributed by atoms with E-state index in [4.69, 9.17) is 4.74 Å². The molecule has 0 atom stereocenters. The van der Waals surface area contributed by atoms with E-state index in [-0.39, 0.29) is 0 Å². The zero-order chi connectivity index (χ0) is 15.1. The summed E-state index contributed by atoms with van der Waals surface area (Å²) < 4.78 is 7.59. The second kappa shape index (κ2) is 7.78. The van der Waals surface area contributed by atoms with Gasteiger partial charge in [0.05, 0.1) is 18.1 Å². The van der Waals surface area contributed by atoms with Gasteiger partial charge in [-0.15, -0.1) is 0 Å². The Labute approximate surface area is 126 Å². The lowest BCUT2D eigenvalue weighted by Crippen LogP contribution is -2.21. The number of pyridine rings is 1. The molecular formula is C16H24N4O. The second-order valence-electron chi connectivity index (χ2n) is 5.42. The third-order valence-electron chi connectivity index (χ3n) is 3.05. The van der Waals surface area contributed by atoms with E-state index in [2.05, 4.69) is 42.2 Å². The first-order chi connectivity index (χ1) is 10.2. The molecule has 1 N–H and O–H groups in total. The van der Waals surface area contributed by atoms with Crippen LogP contribution in [0.5, 0.6) is 5.75 Å². The molecule has 2 rings (SSSR count). The van der Waals surface area contributed by atoms with Crippen LogP contribution in [0.1, 0.15) is 38.4 Å². The Bertz CT molecular complexity index is 533. The number of nitrogens with zero attached hydrogens (tertiary/aromatic N) is 3. The molecule has 5 nitrogen and oxygen atoms in total. The predicted octanol–water partition coefficient (Wildman–Crippen LogP) is 2.77. The maximum absolute atomic E-state index is 5.70. The van der Waals surface area contributed by atoms with Gasteiger partial charge in [-0.25, -0.2) is 0 Å². The molecule has 0 aliphatic rings. The number of hydrogen-bond acceptors (Lipinski definition) is 4. The Morgan fingerprint density at radius 2 is 2.14 bits per heavy atom. The maximum atomic E-state index is 5.70. The summed E-state index contributed by atoms with van der Waals surface area (Å²) in [5.74, 6) is 0.788. The molecule has 2 aromatic rings. The zero-order valence-corrected chi connectivity index (χ0v) is 13.0. The van der Waals surface area contributed by atoms with Crippen LogP contribution in [0.2, 0.25) is 0 Å². The van der Waals surface area contributed by atoms with E-state index >= 15 is 0 Å². The van der Waals surface area contributed by atoms with Crippen LogP contribution < -0.4 is 10.1 Å². The fraction of sp³-hybridized carbons (Fsp3) is 0.500. The molecule has 0 spiro atoms. The zero-order valence-electron chi connectivity index (χ0n) is 13.0. The molecule has 0 aromatic carbocycles. The Morgan fingerprint density at radius 1 is 1.29 bits per heavy atom. The highest BCUT2D eigenvalue weighted by atomic mass is 16.5. The Balaban J connectivity index is 1.82. The molecule has 21 heavy (non-hydrogen) atoms. The van der Waals surface area contributed by atoms with Crippen molar-refractivity contribution in [3.63, 3.8) is 0 Å². The SMILES string of the molecule is CCCn1cc(OCc2ccc(CNC(C)C)cn2)cn1. The van der Waals surface area contributed by atoms with Crippen molar-refractivity contribution in [2.24, 2.45) is 0 Å². The van der Waals surface area contributed by atoms with Gasteiger partial charge in [0, 0.05) is 25.3 Å². The summed E-state index contributed by atoms with van der Waals surface area (Å²) in [6.07, 6.45) is 6.63. The first-order valence-electron chi connectivity index (χ1n) is 7.50. The number of rotatable bonds is 8. The topological polar surface area (TPSA) is 52.0 Å². The van der Waals surface area contributed by atoms with Crippen LogP contribution >= 0.6 is 0 Å². The molecular weight excluding hydrogens is 264 g/mol. The molecule has 0 amide bonds. The minimum absolute atomic E-state index is 0.468. The summed E-state index contributed by atoms with van der Waals surface area (Å²) in [5.41, 5.74) is 2.11. The van der Waals surface area contributed by atoms with Crippen LogP contribution in [0.15, 0.2) is 30.7 Å². The standard InChI is InChI=1S/C16H24N4O/c1-4-7-20-11-16(10-19-20)21-12-15-6-5-14(9-18-15)8-17-13(2)3/h5-6,9-11,13,17H,4,7-8,12H2,1-3H3. The quantitative estimate of drug-likeness (QED) is 0.811. The predicted molar refractivity (Wildman–Crippen MR) is 83.1 cm³/mol. The van der Waals surface area contributed by atoms with E-state index in [9.17, 15) is 0 Å². The molecule has 0 aliphatic heterocycles. The van der Waals surface area contributed by atoms with E-state index in [1.165, 1.54) is 5.56 Å². The highest BCUT2D eigenvalue weighted by Crippen LogP contribution is 2.11. The first kappa shape index (κ1) is 15.5. The number of aryl methyl sites for hydroxylation is 1. The summed E-state index contributed by atoms with van der Waals surface area (Å²) >= 11 is 0. The van der Waals surface area contributed by atoms with Gasteiger partial charge in [-0.2, -0.15) is 5.10 Å². The summed E-state index contributed by atoms with van der Waals surface area (Å²) in [6.45, 7) is 8.62. The van der Waals surface area contributed by atoms with Crippen molar-refractivity contribution < 1.29 is 4.74 Å². The molecule has 0 unspecified atom stereocenters. The molecule has 2 heterocycles. The largest absolute Gasteiger partial charge is 0.484 e. The van der Waals surface area contributed by atoms with Crippen molar-refractivity contribution in [2.75, 3.05) is 0 Å². The summed E-state index contributed by atoms with van der Waals surface area (Å²) in [7, 11) is 0. The lowest BCUT2D eigenvalue weighted by Gasteiger charge is -2.08. The van der Waals surface area contributed by atoms with Gasteiger partial charge in [-0.3, -0.25) is 9.67 Å². The van der Waals surface area contributed by atoms with Crippen LogP contribution in [0.4, 0.5) is 0 Å². The van der Waals surface area contributed by atoms with Gasteiger partial charge in [-0.05, 0) is 18.1 Å². The molecule has 0 bridgehead atoms. The summed E-state index contributed by atoms with van der Waals surface area (Å²) in [6, 6.07) is 4.57. The fourth-order valence-corrected chi connectivity index (χ4v) is 1.89. The van der Waals surface area contributed by atoms with Gasteiger partial charge in [0.1, 0.15) is 6.61 Å². The van der Waals surface area contributed by atoms with Crippen molar-refractivity contribution >= 4 is 0 Å². The fourth-order valence-electron chi connectivity index (χ4n) is 1.89. The molecule has 0 saturated carbocycles. The third kappa shape index (κ3) is 5.19. The molecule has 5 heteroatoms. The van der Waals surface area contributed by atoms with Crippen LogP contribution in [0, 0.1) is 0 Å².